The molecule has 4 nitrogen and oxygen atoms in total. The van der Waals surface area contributed by atoms with Crippen LogP contribution >= 0.6 is 11.6 Å². The van der Waals surface area contributed by atoms with E-state index in [-0.39, 0.29) is 10.7 Å². The van der Waals surface area contributed by atoms with E-state index in [0.717, 1.165) is 30.5 Å². The number of carbonyl (C=O) groups is 1. The minimum Gasteiger partial charge on any atom is -0.320 e. The number of hydrogen-bond acceptors (Lipinski definition) is 3. The number of nitrogens with zero attached hydrogens (tertiary/aromatic N) is 2. The molecule has 0 bridgehead atoms. The van der Waals surface area contributed by atoms with Gasteiger partial charge in [-0.25, -0.2) is 4.39 Å². The molecule has 1 aliphatic rings. The van der Waals surface area contributed by atoms with Crippen molar-refractivity contribution in [2.75, 3.05) is 5.32 Å². The Balaban J connectivity index is 1.80. The highest BCUT2D eigenvalue weighted by Gasteiger charge is 2.17. The summed E-state index contributed by atoms with van der Waals surface area (Å²) in [6.45, 7) is 0. The van der Waals surface area contributed by atoms with E-state index in [1.165, 1.54) is 18.2 Å². The maximum Gasteiger partial charge on any atom is 0.276 e. The highest BCUT2D eigenvalue weighted by molar-refractivity contribution is 6.30. The number of aryl methyl sites for hydroxylation is 2. The van der Waals surface area contributed by atoms with Crippen LogP contribution in [0.1, 0.15) is 28.2 Å². The first-order valence-electron chi connectivity index (χ1n) is 6.25. The zero-order chi connectivity index (χ0) is 14.1. The molecule has 6 heteroatoms. The molecule has 0 atom stereocenters. The Morgan fingerprint density at radius 2 is 2.10 bits per heavy atom. The Labute approximate surface area is 120 Å². The Bertz CT molecular complexity index is 690. The highest BCUT2D eigenvalue weighted by atomic mass is 35.5. The molecular weight excluding hydrogens is 281 g/mol. The monoisotopic (exact) mass is 291 g/mol. The number of nitrogens with one attached hydrogen (secondary N) is 1. The van der Waals surface area contributed by atoms with Gasteiger partial charge in [0, 0.05) is 5.69 Å². The number of amides is 1. The Morgan fingerprint density at radius 1 is 1.25 bits per heavy atom. The summed E-state index contributed by atoms with van der Waals surface area (Å²) in [6.07, 6.45) is 2.87. The molecule has 3 rings (SSSR count). The number of fused-ring (bicyclic) bond motifs is 1. The van der Waals surface area contributed by atoms with E-state index in [2.05, 4.69) is 15.5 Å². The molecule has 2 aromatic rings. The van der Waals surface area contributed by atoms with Gasteiger partial charge in [0.05, 0.1) is 10.7 Å². The minimum absolute atomic E-state index is 0.0142. The summed E-state index contributed by atoms with van der Waals surface area (Å²) in [5, 5.41) is 10.5. The maximum atomic E-state index is 13.3. The van der Waals surface area contributed by atoms with Crippen LogP contribution in [0.3, 0.4) is 0 Å². The molecule has 0 aliphatic heterocycles. The van der Waals surface area contributed by atoms with Gasteiger partial charge in [-0.15, -0.1) is 5.10 Å². The van der Waals surface area contributed by atoms with Gasteiger partial charge in [0.2, 0.25) is 0 Å². The summed E-state index contributed by atoms with van der Waals surface area (Å²) < 4.78 is 13.3. The van der Waals surface area contributed by atoms with Crippen LogP contribution in [0.15, 0.2) is 24.3 Å². The minimum atomic E-state index is -0.579. The van der Waals surface area contributed by atoms with E-state index in [1.807, 2.05) is 0 Å². The number of rotatable bonds is 2. The van der Waals surface area contributed by atoms with Crippen molar-refractivity contribution >= 4 is 23.2 Å². The number of anilines is 1. The Hall–Kier alpha value is -2.01. The van der Waals surface area contributed by atoms with Crippen molar-refractivity contribution in [1.29, 1.82) is 0 Å². The zero-order valence-corrected chi connectivity index (χ0v) is 11.2. The standard InChI is InChI=1S/C14H11ClFN3O/c15-10-5-4-9(7-11(10)16)17-14(20)13-6-8-2-1-3-12(8)18-19-13/h4-7H,1-3H2,(H,17,20). The second-order valence-corrected chi connectivity index (χ2v) is 5.05. The SMILES string of the molecule is O=C(Nc1ccc(Cl)c(F)c1)c1cc2c(nn1)CCC2. The van der Waals surface area contributed by atoms with Gasteiger partial charge in [-0.1, -0.05) is 11.6 Å². The van der Waals surface area contributed by atoms with Gasteiger partial charge in [-0.2, -0.15) is 5.10 Å². The third-order valence-corrected chi connectivity index (χ3v) is 3.54. The van der Waals surface area contributed by atoms with Crippen LogP contribution in [0.5, 0.6) is 0 Å². The van der Waals surface area contributed by atoms with Crippen molar-refractivity contribution in [3.63, 3.8) is 0 Å². The van der Waals surface area contributed by atoms with E-state index in [0.29, 0.717) is 5.69 Å². The van der Waals surface area contributed by atoms with Crippen LogP contribution < -0.4 is 5.32 Å². The first-order chi connectivity index (χ1) is 9.63. The fraction of sp³-hybridized carbons (Fsp3) is 0.214. The van der Waals surface area contributed by atoms with Gasteiger partial charge in [0.1, 0.15) is 5.82 Å². The van der Waals surface area contributed by atoms with E-state index in [1.54, 1.807) is 6.07 Å². The summed E-state index contributed by atoms with van der Waals surface area (Å²) in [5.41, 5.74) is 2.59. The van der Waals surface area contributed by atoms with Crippen molar-refractivity contribution in [2.45, 2.75) is 19.3 Å². The molecule has 1 amide bonds. The molecule has 0 saturated carbocycles. The lowest BCUT2D eigenvalue weighted by molar-refractivity contribution is 0.102. The normalized spacial score (nSPS) is 13.1. The van der Waals surface area contributed by atoms with Crippen LogP contribution in [-0.4, -0.2) is 16.1 Å². The summed E-state index contributed by atoms with van der Waals surface area (Å²) in [4.78, 5) is 12.0. The predicted molar refractivity (Wildman–Crippen MR) is 73.4 cm³/mol. The molecule has 1 aliphatic carbocycles. The lowest BCUT2D eigenvalue weighted by Gasteiger charge is -2.06. The molecule has 0 spiro atoms. The van der Waals surface area contributed by atoms with Crippen LogP contribution in [-0.2, 0) is 12.8 Å². The average Bonchev–Trinajstić information content (AvgIpc) is 2.90. The largest absolute Gasteiger partial charge is 0.320 e. The fourth-order valence-corrected chi connectivity index (χ4v) is 2.33. The summed E-state index contributed by atoms with van der Waals surface area (Å²) in [6, 6.07) is 5.84. The summed E-state index contributed by atoms with van der Waals surface area (Å²) >= 11 is 5.59. The molecule has 1 heterocycles. The van der Waals surface area contributed by atoms with Gasteiger partial charge >= 0.3 is 0 Å². The lowest BCUT2D eigenvalue weighted by atomic mass is 10.2. The number of aromatic nitrogens is 2. The highest BCUT2D eigenvalue weighted by Crippen LogP contribution is 2.21. The zero-order valence-electron chi connectivity index (χ0n) is 10.5. The first-order valence-corrected chi connectivity index (χ1v) is 6.63. The number of halogens is 2. The van der Waals surface area contributed by atoms with Gasteiger partial charge in [-0.05, 0) is 49.1 Å². The predicted octanol–water partition coefficient (Wildman–Crippen LogP) is 3.01. The second-order valence-electron chi connectivity index (χ2n) is 4.64. The average molecular weight is 292 g/mol. The Kier molecular flexibility index (Phi) is 3.36. The molecule has 20 heavy (non-hydrogen) atoms. The maximum absolute atomic E-state index is 13.3. The molecule has 1 N–H and O–H groups in total. The second kappa shape index (κ2) is 5.17. The molecule has 1 aromatic carbocycles. The Morgan fingerprint density at radius 3 is 2.90 bits per heavy atom. The van der Waals surface area contributed by atoms with E-state index in [9.17, 15) is 9.18 Å². The van der Waals surface area contributed by atoms with E-state index >= 15 is 0 Å². The smallest absolute Gasteiger partial charge is 0.276 e. The number of carbonyl (C=O) groups excluding carboxylic acids is 1. The van der Waals surface area contributed by atoms with Crippen LogP contribution in [0, 0.1) is 5.82 Å². The quantitative estimate of drug-likeness (QED) is 0.925. The molecule has 0 unspecified atom stereocenters. The molecule has 0 radical (unpaired) electrons. The van der Waals surface area contributed by atoms with Crippen molar-refractivity contribution in [3.05, 3.63) is 52.1 Å². The lowest BCUT2D eigenvalue weighted by Crippen LogP contribution is -2.15. The van der Waals surface area contributed by atoms with Gasteiger partial charge in [0.15, 0.2) is 5.69 Å². The van der Waals surface area contributed by atoms with Crippen LogP contribution in [0.25, 0.3) is 0 Å². The van der Waals surface area contributed by atoms with E-state index in [4.69, 9.17) is 11.6 Å². The van der Waals surface area contributed by atoms with Gasteiger partial charge in [-0.3, -0.25) is 4.79 Å². The molecule has 1 aromatic heterocycles. The first kappa shape index (κ1) is 13.0. The third kappa shape index (κ3) is 2.49. The van der Waals surface area contributed by atoms with Crippen molar-refractivity contribution in [3.8, 4) is 0 Å². The van der Waals surface area contributed by atoms with Crippen LogP contribution in [0.4, 0.5) is 10.1 Å². The summed E-state index contributed by atoms with van der Waals surface area (Å²) in [5.74, 6) is -0.988. The van der Waals surface area contributed by atoms with Gasteiger partial charge < -0.3 is 5.32 Å². The van der Waals surface area contributed by atoms with Crippen molar-refractivity contribution < 1.29 is 9.18 Å². The van der Waals surface area contributed by atoms with Crippen LogP contribution in [0.2, 0.25) is 5.02 Å². The number of hydrogen-bond donors (Lipinski definition) is 1. The number of benzene rings is 1. The topological polar surface area (TPSA) is 54.9 Å². The fourth-order valence-electron chi connectivity index (χ4n) is 2.21. The van der Waals surface area contributed by atoms with E-state index < -0.39 is 11.7 Å². The molecular formula is C14H11ClFN3O. The van der Waals surface area contributed by atoms with Gasteiger partial charge in [0.25, 0.3) is 5.91 Å². The summed E-state index contributed by atoms with van der Waals surface area (Å²) in [7, 11) is 0. The molecule has 0 saturated heterocycles. The van der Waals surface area contributed by atoms with Crippen molar-refractivity contribution in [1.82, 2.24) is 10.2 Å². The third-order valence-electron chi connectivity index (χ3n) is 3.23. The van der Waals surface area contributed by atoms with Crippen molar-refractivity contribution in [2.24, 2.45) is 0 Å². The molecule has 102 valence electrons. The molecule has 0 fully saturated rings.